The molecule has 42 heavy (non-hydrogen) atoms. The minimum Gasteiger partial charge on any atom is -0.355 e. The second-order valence-electron chi connectivity index (χ2n) is 10.3. The Balaban J connectivity index is 1.85. The molecule has 0 amide bonds. The average Bonchev–Trinajstić information content (AvgIpc) is 2.99. The number of benzene rings is 2. The Kier molecular flexibility index (Phi) is 12.7. The first-order chi connectivity index (χ1) is 20.4. The van der Waals surface area contributed by atoms with Crippen molar-refractivity contribution in [2.45, 2.75) is 33.2 Å². The van der Waals surface area contributed by atoms with E-state index < -0.39 is 0 Å². The highest BCUT2D eigenvalue weighted by molar-refractivity contribution is 5.82. The van der Waals surface area contributed by atoms with Crippen LogP contribution in [0.2, 0.25) is 0 Å². The van der Waals surface area contributed by atoms with Crippen molar-refractivity contribution in [2.24, 2.45) is 0 Å². The molecule has 0 unspecified atom stereocenters. The van der Waals surface area contributed by atoms with Crippen LogP contribution in [-0.4, -0.2) is 19.6 Å². The normalized spacial score (nSPS) is 13.9. The lowest BCUT2D eigenvalue weighted by atomic mass is 10.1. The Labute approximate surface area is 253 Å². The number of rotatable bonds is 16. The SMILES string of the molecule is C=CC/C=C\C=C(/C)CCN1C(=C)CN(C(=C)CNCc2ccccc2)c2cc(NC(=C)/C(C=C)=C/C=C\C)ccc21. The maximum Gasteiger partial charge on any atom is 0.0674 e. The largest absolute Gasteiger partial charge is 0.355 e. The van der Waals surface area contributed by atoms with Gasteiger partial charge >= 0.3 is 0 Å². The summed E-state index contributed by atoms with van der Waals surface area (Å²) >= 11 is 0. The van der Waals surface area contributed by atoms with Crippen LogP contribution in [0.25, 0.3) is 0 Å². The van der Waals surface area contributed by atoms with Gasteiger partial charge in [-0.25, -0.2) is 0 Å². The zero-order chi connectivity index (χ0) is 30.3. The lowest BCUT2D eigenvalue weighted by molar-refractivity contribution is 0.711. The van der Waals surface area contributed by atoms with Crippen LogP contribution >= 0.6 is 0 Å². The van der Waals surface area contributed by atoms with Crippen LogP contribution in [-0.2, 0) is 6.54 Å². The lowest BCUT2D eigenvalue weighted by Crippen LogP contribution is -2.40. The summed E-state index contributed by atoms with van der Waals surface area (Å²) < 4.78 is 0. The van der Waals surface area contributed by atoms with Crippen molar-refractivity contribution >= 4 is 17.1 Å². The third-order valence-electron chi connectivity index (χ3n) is 7.04. The first-order valence-electron chi connectivity index (χ1n) is 14.5. The summed E-state index contributed by atoms with van der Waals surface area (Å²) in [4.78, 5) is 4.60. The highest BCUT2D eigenvalue weighted by atomic mass is 15.3. The standard InChI is InChI=1S/C38H46N4/c1-8-11-13-15-18-30(4)24-25-41-32(6)29-42(31(5)27-39-28-34-19-16-14-17-20-34)38-26-36(22-23-37(38)41)40-33(7)35(10-3)21-12-9-2/h8-10,12-23,26,39-40H,1,3,5-7,11,24-25,27-29H2,2,4H3/b12-9-,15-13-,30-18+,35-21+. The molecule has 0 bridgehead atoms. The van der Waals surface area contributed by atoms with Crippen molar-refractivity contribution in [1.82, 2.24) is 5.32 Å². The first-order valence-corrected chi connectivity index (χ1v) is 14.5. The number of anilines is 3. The van der Waals surface area contributed by atoms with Crippen LogP contribution in [0.5, 0.6) is 0 Å². The summed E-state index contributed by atoms with van der Waals surface area (Å²) in [6, 6.07) is 16.9. The average molecular weight is 559 g/mol. The molecule has 2 aromatic rings. The van der Waals surface area contributed by atoms with E-state index in [1.165, 1.54) is 11.1 Å². The van der Waals surface area contributed by atoms with E-state index in [9.17, 15) is 0 Å². The van der Waals surface area contributed by atoms with Gasteiger partial charge in [-0.2, -0.15) is 0 Å². The third-order valence-corrected chi connectivity index (χ3v) is 7.04. The van der Waals surface area contributed by atoms with Gasteiger partial charge in [0.1, 0.15) is 0 Å². The first kappa shape index (κ1) is 32.0. The van der Waals surface area contributed by atoms with Gasteiger partial charge in [0.15, 0.2) is 0 Å². The molecule has 0 fully saturated rings. The molecule has 4 heteroatoms. The Morgan fingerprint density at radius 2 is 1.79 bits per heavy atom. The molecular formula is C38H46N4. The maximum absolute atomic E-state index is 4.48. The van der Waals surface area contributed by atoms with Crippen LogP contribution in [0.15, 0.2) is 158 Å². The van der Waals surface area contributed by atoms with Gasteiger partial charge in [-0.15, -0.1) is 6.58 Å². The molecular weight excluding hydrogens is 512 g/mol. The number of fused-ring (bicyclic) bond motifs is 1. The summed E-state index contributed by atoms with van der Waals surface area (Å²) in [6.07, 6.45) is 17.9. The van der Waals surface area contributed by atoms with Gasteiger partial charge in [-0.1, -0.05) is 111 Å². The maximum atomic E-state index is 4.48. The molecule has 4 nitrogen and oxygen atoms in total. The van der Waals surface area contributed by atoms with Crippen molar-refractivity contribution in [3.8, 4) is 0 Å². The van der Waals surface area contributed by atoms with Crippen molar-refractivity contribution in [3.63, 3.8) is 0 Å². The fourth-order valence-electron chi connectivity index (χ4n) is 4.69. The molecule has 0 aromatic heterocycles. The molecule has 2 N–H and O–H groups in total. The highest BCUT2D eigenvalue weighted by Gasteiger charge is 2.27. The molecule has 218 valence electrons. The van der Waals surface area contributed by atoms with E-state index in [-0.39, 0.29) is 0 Å². The Bertz CT molecular complexity index is 1390. The van der Waals surface area contributed by atoms with E-state index in [1.807, 2.05) is 43.4 Å². The van der Waals surface area contributed by atoms with E-state index >= 15 is 0 Å². The quantitative estimate of drug-likeness (QED) is 0.159. The Morgan fingerprint density at radius 1 is 1.00 bits per heavy atom. The second kappa shape index (κ2) is 16.7. The fourth-order valence-corrected chi connectivity index (χ4v) is 4.69. The molecule has 0 spiro atoms. The summed E-state index contributed by atoms with van der Waals surface area (Å²) in [5, 5.41) is 7.04. The number of hydrogen-bond donors (Lipinski definition) is 2. The summed E-state index contributed by atoms with van der Waals surface area (Å²) in [5.41, 5.74) is 9.52. The molecule has 2 aromatic carbocycles. The van der Waals surface area contributed by atoms with E-state index in [1.54, 1.807) is 0 Å². The predicted octanol–water partition coefficient (Wildman–Crippen LogP) is 9.21. The molecule has 0 atom stereocenters. The minimum atomic E-state index is 0.664. The van der Waals surface area contributed by atoms with Gasteiger partial charge in [0.05, 0.1) is 17.9 Å². The lowest BCUT2D eigenvalue weighted by Gasteiger charge is -2.41. The van der Waals surface area contributed by atoms with E-state index in [0.717, 1.165) is 65.7 Å². The molecule has 0 aliphatic carbocycles. The van der Waals surface area contributed by atoms with Crippen molar-refractivity contribution in [1.29, 1.82) is 0 Å². The molecule has 0 saturated carbocycles. The van der Waals surface area contributed by atoms with Crippen LogP contribution in [0.1, 0.15) is 32.3 Å². The molecule has 3 rings (SSSR count). The third kappa shape index (κ3) is 9.25. The Hall–Kier alpha value is -4.54. The van der Waals surface area contributed by atoms with E-state index in [2.05, 4.69) is 121 Å². The monoisotopic (exact) mass is 558 g/mol. The van der Waals surface area contributed by atoms with Crippen molar-refractivity contribution in [2.75, 3.05) is 34.8 Å². The van der Waals surface area contributed by atoms with Crippen LogP contribution < -0.4 is 20.4 Å². The number of nitrogens with zero attached hydrogens (tertiary/aromatic N) is 2. The second-order valence-corrected chi connectivity index (χ2v) is 10.3. The molecule has 1 heterocycles. The number of nitrogens with one attached hydrogen (secondary N) is 2. The van der Waals surface area contributed by atoms with Crippen molar-refractivity contribution in [3.05, 3.63) is 164 Å². The highest BCUT2D eigenvalue weighted by Crippen LogP contribution is 2.40. The zero-order valence-electron chi connectivity index (χ0n) is 25.4. The number of hydrogen-bond acceptors (Lipinski definition) is 4. The van der Waals surface area contributed by atoms with Gasteiger partial charge in [0.2, 0.25) is 0 Å². The Morgan fingerprint density at radius 3 is 2.50 bits per heavy atom. The van der Waals surface area contributed by atoms with Gasteiger partial charge in [-0.3, -0.25) is 0 Å². The minimum absolute atomic E-state index is 0.664. The molecule has 1 aliphatic heterocycles. The fraction of sp³-hybridized carbons (Fsp3) is 0.211. The molecule has 0 saturated heterocycles. The topological polar surface area (TPSA) is 30.5 Å². The smallest absolute Gasteiger partial charge is 0.0674 e. The predicted molar refractivity (Wildman–Crippen MR) is 186 cm³/mol. The zero-order valence-corrected chi connectivity index (χ0v) is 25.4. The van der Waals surface area contributed by atoms with Gasteiger partial charge in [0, 0.05) is 42.4 Å². The van der Waals surface area contributed by atoms with Crippen LogP contribution in [0.3, 0.4) is 0 Å². The van der Waals surface area contributed by atoms with Crippen LogP contribution in [0.4, 0.5) is 17.1 Å². The molecule has 1 aliphatic rings. The summed E-state index contributed by atoms with van der Waals surface area (Å²) in [7, 11) is 0. The van der Waals surface area contributed by atoms with Gasteiger partial charge in [0.25, 0.3) is 0 Å². The number of allylic oxidation sites excluding steroid dienone is 8. The van der Waals surface area contributed by atoms with E-state index in [4.69, 9.17) is 0 Å². The van der Waals surface area contributed by atoms with Crippen molar-refractivity contribution < 1.29 is 0 Å². The summed E-state index contributed by atoms with van der Waals surface area (Å²) in [5.74, 6) is 0. The van der Waals surface area contributed by atoms with E-state index in [0.29, 0.717) is 13.1 Å². The summed E-state index contributed by atoms with van der Waals surface area (Å²) in [6.45, 7) is 28.1. The van der Waals surface area contributed by atoms with Crippen LogP contribution in [0, 0.1) is 0 Å². The molecule has 0 radical (unpaired) electrons. The van der Waals surface area contributed by atoms with Gasteiger partial charge < -0.3 is 20.4 Å². The van der Waals surface area contributed by atoms with Gasteiger partial charge in [-0.05, 0) is 56.0 Å².